The molecule has 2 aromatic heterocycles. The zero-order chi connectivity index (χ0) is 21.4. The SMILES string of the molecule is N#Cc1ccccc1NC(=O)c1sc2nc3c(cc2c1N)CC(c1ccccc1)CC3. The van der Waals surface area contributed by atoms with Crippen molar-refractivity contribution in [2.45, 2.75) is 25.2 Å². The molecule has 1 aliphatic rings. The molecule has 1 unspecified atom stereocenters. The van der Waals surface area contributed by atoms with E-state index in [2.05, 4.69) is 41.7 Å². The summed E-state index contributed by atoms with van der Waals surface area (Å²) in [7, 11) is 0. The molecule has 6 heteroatoms. The standard InChI is InChI=1S/C25H20N4OS/c26-14-17-8-4-5-9-20(17)28-24(30)23-22(27)19-13-18-12-16(15-6-2-1-3-7-15)10-11-21(18)29-25(19)31-23/h1-9,13,16H,10-12,27H2,(H,28,30). The van der Waals surface area contributed by atoms with E-state index in [1.54, 1.807) is 24.3 Å². The molecule has 5 nitrogen and oxygen atoms in total. The third-order valence-corrected chi connectivity index (χ3v) is 6.97. The number of nitrogens with one attached hydrogen (secondary N) is 1. The van der Waals surface area contributed by atoms with Gasteiger partial charge >= 0.3 is 0 Å². The van der Waals surface area contributed by atoms with Crippen molar-refractivity contribution in [3.63, 3.8) is 0 Å². The molecule has 0 spiro atoms. The molecule has 0 saturated heterocycles. The predicted octanol–water partition coefficient (Wildman–Crippen LogP) is 5.27. The molecule has 152 valence electrons. The Morgan fingerprint density at radius 3 is 2.74 bits per heavy atom. The number of fused-ring (bicyclic) bond motifs is 2. The minimum absolute atomic E-state index is 0.316. The summed E-state index contributed by atoms with van der Waals surface area (Å²) in [6.45, 7) is 0. The number of aromatic nitrogens is 1. The molecule has 0 bridgehead atoms. The van der Waals surface area contributed by atoms with Crippen LogP contribution >= 0.6 is 11.3 Å². The van der Waals surface area contributed by atoms with Gasteiger partial charge in [0.25, 0.3) is 5.91 Å². The molecule has 3 N–H and O–H groups in total. The second-order valence-corrected chi connectivity index (χ2v) is 8.75. The van der Waals surface area contributed by atoms with Crippen molar-refractivity contribution in [2.75, 3.05) is 11.1 Å². The molecule has 31 heavy (non-hydrogen) atoms. The van der Waals surface area contributed by atoms with Crippen molar-refractivity contribution >= 4 is 38.8 Å². The van der Waals surface area contributed by atoms with Gasteiger partial charge < -0.3 is 11.1 Å². The highest BCUT2D eigenvalue weighted by Crippen LogP contribution is 2.38. The summed E-state index contributed by atoms with van der Waals surface area (Å²) in [5, 5.41) is 12.9. The van der Waals surface area contributed by atoms with Crippen LogP contribution in [0.5, 0.6) is 0 Å². The highest BCUT2D eigenvalue weighted by atomic mass is 32.1. The van der Waals surface area contributed by atoms with Gasteiger partial charge in [0.1, 0.15) is 15.8 Å². The van der Waals surface area contributed by atoms with E-state index >= 15 is 0 Å². The fourth-order valence-electron chi connectivity index (χ4n) is 4.24. The molecule has 2 aromatic carbocycles. The van der Waals surface area contributed by atoms with Gasteiger partial charge in [-0.3, -0.25) is 4.79 Å². The number of hydrogen-bond donors (Lipinski definition) is 2. The van der Waals surface area contributed by atoms with E-state index in [9.17, 15) is 10.1 Å². The largest absolute Gasteiger partial charge is 0.397 e. The van der Waals surface area contributed by atoms with Gasteiger partial charge in [-0.1, -0.05) is 42.5 Å². The van der Waals surface area contributed by atoms with Crippen molar-refractivity contribution < 1.29 is 4.79 Å². The highest BCUT2D eigenvalue weighted by Gasteiger charge is 2.24. The van der Waals surface area contributed by atoms with Crippen LogP contribution in [0.4, 0.5) is 11.4 Å². The number of hydrogen-bond acceptors (Lipinski definition) is 5. The summed E-state index contributed by atoms with van der Waals surface area (Å²) in [5.41, 5.74) is 11.4. The van der Waals surface area contributed by atoms with Crippen LogP contribution < -0.4 is 11.1 Å². The van der Waals surface area contributed by atoms with E-state index in [4.69, 9.17) is 10.7 Å². The van der Waals surface area contributed by atoms with Crippen molar-refractivity contribution in [3.05, 3.63) is 87.9 Å². The molecule has 2 heterocycles. The minimum Gasteiger partial charge on any atom is -0.397 e. The number of nitrogen functional groups attached to an aromatic ring is 1. The summed E-state index contributed by atoms with van der Waals surface area (Å²) >= 11 is 1.30. The van der Waals surface area contributed by atoms with E-state index in [1.807, 2.05) is 6.07 Å². The van der Waals surface area contributed by atoms with Crippen LogP contribution in [0.3, 0.4) is 0 Å². The van der Waals surface area contributed by atoms with Gasteiger partial charge in [0, 0.05) is 11.1 Å². The summed E-state index contributed by atoms with van der Waals surface area (Å²) in [6.07, 6.45) is 2.91. The number of amides is 1. The Kier molecular flexibility index (Phi) is 4.89. The average Bonchev–Trinajstić information content (AvgIpc) is 3.13. The molecule has 0 radical (unpaired) electrons. The number of aryl methyl sites for hydroxylation is 1. The van der Waals surface area contributed by atoms with E-state index in [0.29, 0.717) is 27.7 Å². The zero-order valence-corrected chi connectivity index (χ0v) is 17.6. The molecule has 5 rings (SSSR count). The lowest BCUT2D eigenvalue weighted by molar-refractivity contribution is 0.103. The molecular weight excluding hydrogens is 404 g/mol. The molecule has 1 aliphatic carbocycles. The first kappa shape index (κ1) is 19.3. The first-order chi connectivity index (χ1) is 15.1. The summed E-state index contributed by atoms with van der Waals surface area (Å²) in [5.74, 6) is 0.154. The second-order valence-electron chi connectivity index (χ2n) is 7.75. The van der Waals surface area contributed by atoms with Crippen LogP contribution in [-0.2, 0) is 12.8 Å². The normalized spacial score (nSPS) is 15.3. The van der Waals surface area contributed by atoms with Crippen molar-refractivity contribution in [1.82, 2.24) is 4.98 Å². The number of nitriles is 1. The van der Waals surface area contributed by atoms with Crippen LogP contribution in [0.2, 0.25) is 0 Å². The molecule has 1 amide bonds. The summed E-state index contributed by atoms with van der Waals surface area (Å²) < 4.78 is 0. The van der Waals surface area contributed by atoms with Gasteiger partial charge in [-0.15, -0.1) is 11.3 Å². The number of benzene rings is 2. The molecule has 0 aliphatic heterocycles. The first-order valence-corrected chi connectivity index (χ1v) is 11.0. The van der Waals surface area contributed by atoms with E-state index in [1.165, 1.54) is 22.5 Å². The lowest BCUT2D eigenvalue weighted by Crippen LogP contribution is -2.14. The van der Waals surface area contributed by atoms with Crippen molar-refractivity contribution in [1.29, 1.82) is 5.26 Å². The third kappa shape index (κ3) is 3.54. The predicted molar refractivity (Wildman–Crippen MR) is 124 cm³/mol. The number of anilines is 2. The number of pyridine rings is 1. The third-order valence-electron chi connectivity index (χ3n) is 5.86. The fourth-order valence-corrected chi connectivity index (χ4v) is 5.23. The molecule has 0 fully saturated rings. The zero-order valence-electron chi connectivity index (χ0n) is 16.8. The van der Waals surface area contributed by atoms with E-state index in [0.717, 1.165) is 35.2 Å². The van der Waals surface area contributed by atoms with Gasteiger partial charge in [-0.2, -0.15) is 5.26 Å². The van der Waals surface area contributed by atoms with E-state index < -0.39 is 0 Å². The van der Waals surface area contributed by atoms with Crippen LogP contribution in [0, 0.1) is 11.3 Å². The maximum atomic E-state index is 12.9. The van der Waals surface area contributed by atoms with Gasteiger partial charge in [-0.25, -0.2) is 4.98 Å². The smallest absolute Gasteiger partial charge is 0.267 e. The molecule has 4 aromatic rings. The van der Waals surface area contributed by atoms with E-state index in [-0.39, 0.29) is 5.91 Å². The Labute approximate surface area is 184 Å². The maximum absolute atomic E-state index is 12.9. The molecular formula is C25H20N4OS. The van der Waals surface area contributed by atoms with Crippen LogP contribution in [-0.4, -0.2) is 10.9 Å². The lowest BCUT2D eigenvalue weighted by Gasteiger charge is -2.24. The Balaban J connectivity index is 1.47. The van der Waals surface area contributed by atoms with Gasteiger partial charge in [0.2, 0.25) is 0 Å². The summed E-state index contributed by atoms with van der Waals surface area (Å²) in [4.78, 5) is 19.0. The number of nitrogens with two attached hydrogens (primary N) is 1. The van der Waals surface area contributed by atoms with Crippen LogP contribution in [0.1, 0.15) is 44.4 Å². The number of nitrogens with zero attached hydrogens (tertiary/aromatic N) is 2. The fraction of sp³-hybridized carbons (Fsp3) is 0.160. The average molecular weight is 425 g/mol. The van der Waals surface area contributed by atoms with Gasteiger partial charge in [-0.05, 0) is 54.5 Å². The number of thiophene rings is 1. The second kappa shape index (κ2) is 7.86. The Bertz CT molecular complexity index is 1340. The number of para-hydroxylation sites is 1. The molecule has 0 saturated carbocycles. The van der Waals surface area contributed by atoms with Gasteiger partial charge in [0.05, 0.1) is 16.9 Å². The first-order valence-electron chi connectivity index (χ1n) is 10.2. The number of carbonyl (C=O) groups is 1. The monoisotopic (exact) mass is 424 g/mol. The highest BCUT2D eigenvalue weighted by molar-refractivity contribution is 7.21. The van der Waals surface area contributed by atoms with Crippen LogP contribution in [0.25, 0.3) is 10.2 Å². The number of rotatable bonds is 3. The Morgan fingerprint density at radius 2 is 1.94 bits per heavy atom. The Morgan fingerprint density at radius 1 is 1.16 bits per heavy atom. The molecule has 1 atom stereocenters. The van der Waals surface area contributed by atoms with Crippen LogP contribution in [0.15, 0.2) is 60.7 Å². The maximum Gasteiger partial charge on any atom is 0.267 e. The minimum atomic E-state index is -0.316. The number of carbonyl (C=O) groups excluding carboxylic acids is 1. The van der Waals surface area contributed by atoms with Crippen molar-refractivity contribution in [3.8, 4) is 6.07 Å². The topological polar surface area (TPSA) is 91.8 Å². The van der Waals surface area contributed by atoms with Gasteiger partial charge in [0.15, 0.2) is 0 Å². The quantitative estimate of drug-likeness (QED) is 0.468. The summed E-state index contributed by atoms with van der Waals surface area (Å²) in [6, 6.07) is 21.7. The Hall–Kier alpha value is -3.69. The van der Waals surface area contributed by atoms with Crippen molar-refractivity contribution in [2.24, 2.45) is 0 Å². The lowest BCUT2D eigenvalue weighted by atomic mass is 9.82.